The number of halogens is 2. The molecule has 0 radical (unpaired) electrons. The van der Waals surface area contributed by atoms with Crippen LogP contribution in [0.5, 0.6) is 0 Å². The van der Waals surface area contributed by atoms with Gasteiger partial charge in [-0.25, -0.2) is 17.5 Å². The molecule has 1 rings (SSSR count). The first-order valence-corrected chi connectivity index (χ1v) is 7.51. The molecule has 0 saturated heterocycles. The topological polar surface area (TPSA) is 46.2 Å². The van der Waals surface area contributed by atoms with Gasteiger partial charge in [0.2, 0.25) is 10.0 Å². The van der Waals surface area contributed by atoms with Gasteiger partial charge >= 0.3 is 0 Å². The van der Waals surface area contributed by atoms with Crippen LogP contribution in [0.1, 0.15) is 12.5 Å². The van der Waals surface area contributed by atoms with Crippen molar-refractivity contribution in [2.24, 2.45) is 0 Å². The molecular weight excluding hydrogens is 297 g/mol. The lowest BCUT2D eigenvalue weighted by atomic mass is 10.1. The van der Waals surface area contributed by atoms with Gasteiger partial charge in [-0.3, -0.25) is 0 Å². The second-order valence-electron chi connectivity index (χ2n) is 3.57. The fraction of sp³-hybridized carbons (Fsp3) is 0.400. The van der Waals surface area contributed by atoms with Crippen molar-refractivity contribution in [2.45, 2.75) is 19.4 Å². The Hall–Kier alpha value is -0.460. The van der Waals surface area contributed by atoms with Crippen molar-refractivity contribution >= 4 is 26.0 Å². The fourth-order valence-corrected chi connectivity index (χ4v) is 2.51. The van der Waals surface area contributed by atoms with Gasteiger partial charge in [0.05, 0.1) is 0 Å². The quantitative estimate of drug-likeness (QED) is 0.846. The Morgan fingerprint density at radius 1 is 1.38 bits per heavy atom. The fourth-order valence-electron chi connectivity index (χ4n) is 1.35. The average molecular weight is 310 g/mol. The lowest BCUT2D eigenvalue weighted by Gasteiger charge is -2.12. The summed E-state index contributed by atoms with van der Waals surface area (Å²) in [5.74, 6) is -0.294. The van der Waals surface area contributed by atoms with Gasteiger partial charge in [-0.15, -0.1) is 0 Å². The van der Waals surface area contributed by atoms with Crippen LogP contribution in [-0.2, 0) is 16.4 Å². The molecule has 0 aliphatic heterocycles. The minimum Gasteiger partial charge on any atom is -0.212 e. The van der Waals surface area contributed by atoms with Crippen LogP contribution in [0, 0.1) is 5.82 Å². The summed E-state index contributed by atoms with van der Waals surface area (Å²) in [4.78, 5) is 0. The number of alkyl halides is 1. The summed E-state index contributed by atoms with van der Waals surface area (Å²) >= 11 is 2.89. The number of rotatable bonds is 5. The van der Waals surface area contributed by atoms with Crippen molar-refractivity contribution < 1.29 is 12.8 Å². The first kappa shape index (κ1) is 13.6. The molecule has 0 fully saturated rings. The monoisotopic (exact) mass is 309 g/mol. The lowest BCUT2D eigenvalue weighted by Crippen LogP contribution is -2.34. The van der Waals surface area contributed by atoms with Crippen molar-refractivity contribution in [2.75, 3.05) is 4.66 Å². The molecule has 0 saturated carbocycles. The van der Waals surface area contributed by atoms with Crippen molar-refractivity contribution in [3.8, 4) is 0 Å². The zero-order chi connectivity index (χ0) is 12.2. The van der Waals surface area contributed by atoms with Gasteiger partial charge in [-0.1, -0.05) is 28.1 Å². The summed E-state index contributed by atoms with van der Waals surface area (Å²) in [6, 6.07) is 5.80. The molecule has 16 heavy (non-hydrogen) atoms. The summed E-state index contributed by atoms with van der Waals surface area (Å²) in [7, 11) is -3.25. The van der Waals surface area contributed by atoms with Crippen molar-refractivity contribution in [3.63, 3.8) is 0 Å². The van der Waals surface area contributed by atoms with Crippen LogP contribution >= 0.6 is 15.9 Å². The van der Waals surface area contributed by atoms with E-state index in [0.717, 1.165) is 5.56 Å². The summed E-state index contributed by atoms with van der Waals surface area (Å²) in [5, 5.41) is 0. The molecule has 0 heterocycles. The molecule has 1 aromatic carbocycles. The van der Waals surface area contributed by atoms with E-state index >= 15 is 0 Å². The highest BCUT2D eigenvalue weighted by Crippen LogP contribution is 2.06. The largest absolute Gasteiger partial charge is 0.221 e. The van der Waals surface area contributed by atoms with Gasteiger partial charge in [0.25, 0.3) is 0 Å². The maximum absolute atomic E-state index is 12.6. The molecule has 90 valence electrons. The van der Waals surface area contributed by atoms with E-state index in [1.165, 1.54) is 12.1 Å². The molecule has 0 aromatic heterocycles. The van der Waals surface area contributed by atoms with Crippen LogP contribution in [0.4, 0.5) is 4.39 Å². The van der Waals surface area contributed by atoms with Crippen LogP contribution in [0.25, 0.3) is 0 Å². The molecule has 0 spiro atoms. The van der Waals surface area contributed by atoms with Crippen LogP contribution in [0.15, 0.2) is 24.3 Å². The third-order valence-corrected chi connectivity index (χ3v) is 4.84. The van der Waals surface area contributed by atoms with Crippen LogP contribution in [0.3, 0.4) is 0 Å². The highest BCUT2D eigenvalue weighted by Gasteiger charge is 2.12. The highest BCUT2D eigenvalue weighted by atomic mass is 79.9. The predicted octanol–water partition coefficient (Wildman–Crippen LogP) is 2.03. The van der Waals surface area contributed by atoms with Crippen LogP contribution in [-0.4, -0.2) is 19.1 Å². The van der Waals surface area contributed by atoms with E-state index in [2.05, 4.69) is 20.7 Å². The Morgan fingerprint density at radius 3 is 2.44 bits per heavy atom. The molecule has 6 heteroatoms. The first-order valence-electron chi connectivity index (χ1n) is 4.73. The Bertz CT molecular complexity index is 433. The van der Waals surface area contributed by atoms with E-state index in [4.69, 9.17) is 0 Å². The van der Waals surface area contributed by atoms with E-state index in [1.807, 2.05) is 0 Å². The predicted molar refractivity (Wildman–Crippen MR) is 65.4 cm³/mol. The number of hydrogen-bond donors (Lipinski definition) is 1. The summed E-state index contributed by atoms with van der Waals surface area (Å²) in [6.07, 6.45) is 0.534. The highest BCUT2D eigenvalue weighted by molar-refractivity contribution is 9.10. The molecule has 1 aromatic rings. The first-order chi connectivity index (χ1) is 7.43. The van der Waals surface area contributed by atoms with Crippen molar-refractivity contribution in [3.05, 3.63) is 35.6 Å². The van der Waals surface area contributed by atoms with Crippen molar-refractivity contribution in [1.29, 1.82) is 0 Å². The van der Waals surface area contributed by atoms with E-state index in [-0.39, 0.29) is 16.5 Å². The van der Waals surface area contributed by atoms with Gasteiger partial charge in [0.1, 0.15) is 10.5 Å². The summed E-state index contributed by atoms with van der Waals surface area (Å²) < 4.78 is 37.5. The molecule has 0 aliphatic rings. The van der Waals surface area contributed by atoms with Gasteiger partial charge < -0.3 is 0 Å². The third-order valence-electron chi connectivity index (χ3n) is 1.98. The second-order valence-corrected chi connectivity index (χ2v) is 6.63. The third kappa shape index (κ3) is 4.59. The number of sulfonamides is 1. The van der Waals surface area contributed by atoms with Crippen LogP contribution in [0.2, 0.25) is 0 Å². The maximum Gasteiger partial charge on any atom is 0.221 e. The minimum absolute atomic E-state index is 0.117. The smallest absolute Gasteiger partial charge is 0.212 e. The van der Waals surface area contributed by atoms with Gasteiger partial charge in [0, 0.05) is 6.04 Å². The Balaban J connectivity index is 2.58. The normalized spacial score (nSPS) is 13.7. The number of benzene rings is 1. The van der Waals surface area contributed by atoms with Crippen LogP contribution < -0.4 is 4.72 Å². The van der Waals surface area contributed by atoms with Gasteiger partial charge in [-0.2, -0.15) is 0 Å². The van der Waals surface area contributed by atoms with Gasteiger partial charge in [-0.05, 0) is 31.0 Å². The molecule has 0 bridgehead atoms. The van der Waals surface area contributed by atoms with E-state index < -0.39 is 10.0 Å². The standard InChI is InChI=1S/C10H13BrFNO2S/c1-8(13-16(14,15)7-11)6-9-2-4-10(12)5-3-9/h2-5,8,13H,6-7H2,1H3. The molecule has 1 atom stereocenters. The summed E-state index contributed by atoms with van der Waals surface area (Å²) in [5.41, 5.74) is 0.895. The van der Waals surface area contributed by atoms with E-state index in [9.17, 15) is 12.8 Å². The Labute approximate surface area is 103 Å². The Kier molecular flexibility index (Phi) is 4.89. The molecule has 1 N–H and O–H groups in total. The lowest BCUT2D eigenvalue weighted by molar-refractivity contribution is 0.564. The van der Waals surface area contributed by atoms with E-state index in [0.29, 0.717) is 6.42 Å². The second kappa shape index (κ2) is 5.75. The number of nitrogens with one attached hydrogen (secondary N) is 1. The van der Waals surface area contributed by atoms with E-state index in [1.54, 1.807) is 19.1 Å². The minimum atomic E-state index is -3.25. The zero-order valence-corrected chi connectivity index (χ0v) is 11.2. The van der Waals surface area contributed by atoms with Crippen molar-refractivity contribution in [1.82, 2.24) is 4.72 Å². The zero-order valence-electron chi connectivity index (χ0n) is 8.78. The Morgan fingerprint density at radius 2 is 1.94 bits per heavy atom. The summed E-state index contributed by atoms with van der Waals surface area (Å²) in [6.45, 7) is 1.77. The number of hydrogen-bond acceptors (Lipinski definition) is 2. The SMILES string of the molecule is CC(Cc1ccc(F)cc1)NS(=O)(=O)CBr. The molecule has 3 nitrogen and oxygen atoms in total. The molecular formula is C10H13BrFNO2S. The molecule has 0 aliphatic carbocycles. The van der Waals surface area contributed by atoms with Gasteiger partial charge in [0.15, 0.2) is 0 Å². The maximum atomic E-state index is 12.6. The average Bonchev–Trinajstić information content (AvgIpc) is 2.21. The molecule has 0 amide bonds. The molecule has 1 unspecified atom stereocenters.